The van der Waals surface area contributed by atoms with Crippen molar-refractivity contribution in [2.45, 2.75) is 255 Å². The third kappa shape index (κ3) is 23.8. The molecular weight excluding hydrogens is 792 g/mol. The Hall–Kier alpha value is -1.50. The van der Waals surface area contributed by atoms with Crippen molar-refractivity contribution in [3.63, 3.8) is 0 Å². The van der Waals surface area contributed by atoms with Crippen molar-refractivity contribution < 1.29 is 73.8 Å². The Labute approximate surface area is 366 Å². The summed E-state index contributed by atoms with van der Waals surface area (Å²) in [6.45, 7) is 2.59. The number of carbonyl (C=O) groups excluding carboxylic acids is 2. The van der Waals surface area contributed by atoms with Crippen LogP contribution in [0.2, 0.25) is 0 Å². The maximum absolute atomic E-state index is 12.9. The summed E-state index contributed by atoms with van der Waals surface area (Å²) >= 11 is 0. The van der Waals surface area contributed by atoms with Crippen molar-refractivity contribution in [1.82, 2.24) is 0 Å². The molecule has 7 N–H and O–H groups in total. The molecule has 0 spiro atoms. The average Bonchev–Trinajstić information content (AvgIpc) is 3.25. The second-order valence-electron chi connectivity index (χ2n) is 17.3. The van der Waals surface area contributed by atoms with Gasteiger partial charge in [0.05, 0.1) is 19.8 Å². The van der Waals surface area contributed by atoms with E-state index in [-0.39, 0.29) is 26.1 Å². The largest absolute Gasteiger partial charge is 0.462 e. The van der Waals surface area contributed by atoms with Gasteiger partial charge in [-0.2, -0.15) is 0 Å². The predicted molar refractivity (Wildman–Crippen MR) is 229 cm³/mol. The van der Waals surface area contributed by atoms with Gasteiger partial charge in [-0.25, -0.2) is 0 Å². The third-order valence-corrected chi connectivity index (χ3v) is 11.8. The number of esters is 2. The number of aliphatic hydroxyl groups is 7. The van der Waals surface area contributed by atoms with Crippen molar-refractivity contribution in [3.05, 3.63) is 0 Å². The van der Waals surface area contributed by atoms with Crippen molar-refractivity contribution >= 4 is 11.9 Å². The molecule has 0 bridgehead atoms. The molecule has 0 radical (unpaired) electrons. The highest BCUT2D eigenvalue weighted by Gasteiger charge is 2.47. The van der Waals surface area contributed by atoms with Crippen molar-refractivity contribution in [1.29, 1.82) is 0 Å². The maximum atomic E-state index is 12.9. The fraction of sp³-hybridized carbons (Fsp3) is 0.957. The van der Waals surface area contributed by atoms with Gasteiger partial charge in [0.25, 0.3) is 0 Å². The molecule has 0 aliphatic carbocycles. The zero-order valence-corrected chi connectivity index (χ0v) is 37.7. The summed E-state index contributed by atoms with van der Waals surface area (Å²) in [4.78, 5) is 25.6. The zero-order chi connectivity index (χ0) is 44.7. The van der Waals surface area contributed by atoms with Gasteiger partial charge in [-0.1, -0.05) is 162 Å². The van der Waals surface area contributed by atoms with Gasteiger partial charge in [-0.15, -0.1) is 0 Å². The van der Waals surface area contributed by atoms with Crippen LogP contribution in [-0.4, -0.2) is 142 Å². The molecule has 0 aromatic heterocycles. The summed E-state index contributed by atoms with van der Waals surface area (Å²) in [6, 6.07) is 0. The highest BCUT2D eigenvalue weighted by molar-refractivity contribution is 5.70. The summed E-state index contributed by atoms with van der Waals surface area (Å²) in [5.74, 6) is -0.914. The molecule has 2 saturated heterocycles. The molecule has 0 amide bonds. The van der Waals surface area contributed by atoms with Gasteiger partial charge in [-0.3, -0.25) is 9.59 Å². The van der Waals surface area contributed by atoms with Crippen molar-refractivity contribution in [3.8, 4) is 0 Å². The second kappa shape index (κ2) is 34.8. The standard InChI is InChI=1S/C46H86O15/c1-3-5-7-9-11-13-15-17-19-20-22-24-26-28-37(48)56-31-34(59-38(49)29-27-25-23-21-18-16-14-12-10-8-6-4-2)32-57-45-44(55)42(53)40(51)36(61-45)33-58-46-43(54)41(52)39(50)35(30-47)60-46/h34-36,39-47,50-55H,3-33H2,1-2H3/t34-,35-,36-,39+,40+,41?,42?,43?,44?,45-,46+/m1/s1. The molecule has 11 atom stereocenters. The lowest BCUT2D eigenvalue weighted by Crippen LogP contribution is -2.61. The van der Waals surface area contributed by atoms with Crippen LogP contribution in [0.15, 0.2) is 0 Å². The van der Waals surface area contributed by atoms with Crippen LogP contribution >= 0.6 is 0 Å². The van der Waals surface area contributed by atoms with Gasteiger partial charge in [0, 0.05) is 12.8 Å². The number of aliphatic hydroxyl groups excluding tert-OH is 7. The van der Waals surface area contributed by atoms with E-state index in [0.717, 1.165) is 38.5 Å². The Morgan fingerprint density at radius 3 is 1.28 bits per heavy atom. The molecule has 0 aromatic carbocycles. The minimum absolute atomic E-state index is 0.172. The highest BCUT2D eigenvalue weighted by atomic mass is 16.7. The number of unbranched alkanes of at least 4 members (excludes halogenated alkanes) is 23. The minimum atomic E-state index is -1.76. The van der Waals surface area contributed by atoms with E-state index in [9.17, 15) is 45.3 Å². The molecule has 15 heteroatoms. The van der Waals surface area contributed by atoms with Crippen LogP contribution in [-0.2, 0) is 38.0 Å². The SMILES string of the molecule is CCCCCCCCCCCCCCCC(=O)OC[C@H](CO[C@@H]1O[C@H](CO[C@H]2O[C@H](CO)[C@H](O)C(O)C2O)[C@H](O)C(O)C1O)OC(=O)CCCCCCCCCCCCCC. The smallest absolute Gasteiger partial charge is 0.306 e. The van der Waals surface area contributed by atoms with Gasteiger partial charge in [0.15, 0.2) is 18.7 Å². The van der Waals surface area contributed by atoms with E-state index >= 15 is 0 Å². The first-order chi connectivity index (χ1) is 29.5. The van der Waals surface area contributed by atoms with Crippen LogP contribution in [0.4, 0.5) is 0 Å². The van der Waals surface area contributed by atoms with Crippen LogP contribution < -0.4 is 0 Å². The normalized spacial score (nSPS) is 27.2. The molecule has 15 nitrogen and oxygen atoms in total. The molecule has 2 aliphatic heterocycles. The lowest BCUT2D eigenvalue weighted by molar-refractivity contribution is -0.332. The van der Waals surface area contributed by atoms with E-state index in [2.05, 4.69) is 13.8 Å². The molecule has 0 saturated carbocycles. The number of hydrogen-bond donors (Lipinski definition) is 7. The van der Waals surface area contributed by atoms with Gasteiger partial charge in [0.1, 0.15) is 55.4 Å². The summed E-state index contributed by atoms with van der Waals surface area (Å²) in [7, 11) is 0. The van der Waals surface area contributed by atoms with Crippen LogP contribution in [0.5, 0.6) is 0 Å². The summed E-state index contributed by atoms with van der Waals surface area (Å²) in [6.07, 6.45) is 12.8. The monoisotopic (exact) mass is 879 g/mol. The van der Waals surface area contributed by atoms with E-state index in [0.29, 0.717) is 12.8 Å². The average molecular weight is 879 g/mol. The fourth-order valence-corrected chi connectivity index (χ4v) is 7.81. The summed E-state index contributed by atoms with van der Waals surface area (Å²) in [5, 5.41) is 71.9. The number of rotatable bonds is 37. The van der Waals surface area contributed by atoms with E-state index in [1.54, 1.807) is 0 Å². The predicted octanol–water partition coefficient (Wildman–Crippen LogP) is 5.65. The van der Waals surface area contributed by atoms with E-state index < -0.39 is 92.7 Å². The fourth-order valence-electron chi connectivity index (χ4n) is 7.81. The van der Waals surface area contributed by atoms with Crippen LogP contribution in [0.25, 0.3) is 0 Å². The first-order valence-electron chi connectivity index (χ1n) is 24.1. The molecule has 2 rings (SSSR count). The molecule has 2 fully saturated rings. The lowest BCUT2D eigenvalue weighted by Gasteiger charge is -2.42. The topological polar surface area (TPSA) is 231 Å². The Balaban J connectivity index is 1.83. The summed E-state index contributed by atoms with van der Waals surface area (Å²) < 4.78 is 33.5. The van der Waals surface area contributed by atoms with Crippen molar-refractivity contribution in [2.24, 2.45) is 0 Å². The molecule has 2 heterocycles. The van der Waals surface area contributed by atoms with E-state index in [4.69, 9.17) is 28.4 Å². The first kappa shape index (κ1) is 55.6. The molecule has 61 heavy (non-hydrogen) atoms. The Morgan fingerprint density at radius 1 is 0.459 bits per heavy atom. The summed E-state index contributed by atoms with van der Waals surface area (Å²) in [5.41, 5.74) is 0. The number of hydrogen-bond acceptors (Lipinski definition) is 15. The van der Waals surface area contributed by atoms with Gasteiger partial charge in [-0.05, 0) is 12.8 Å². The Bertz CT molecular complexity index is 1080. The molecule has 2 aliphatic rings. The molecule has 360 valence electrons. The van der Waals surface area contributed by atoms with Crippen LogP contribution in [0.1, 0.15) is 187 Å². The molecule has 4 unspecified atom stereocenters. The second-order valence-corrected chi connectivity index (χ2v) is 17.3. The third-order valence-electron chi connectivity index (χ3n) is 11.8. The van der Waals surface area contributed by atoms with Gasteiger partial charge < -0.3 is 64.2 Å². The quantitative estimate of drug-likeness (QED) is 0.0295. The lowest BCUT2D eigenvalue weighted by atomic mass is 9.98. The molecular formula is C46H86O15. The first-order valence-corrected chi connectivity index (χ1v) is 24.1. The van der Waals surface area contributed by atoms with Crippen LogP contribution in [0.3, 0.4) is 0 Å². The number of carbonyl (C=O) groups is 2. The van der Waals surface area contributed by atoms with E-state index in [1.807, 2.05) is 0 Å². The van der Waals surface area contributed by atoms with Crippen LogP contribution in [0, 0.1) is 0 Å². The van der Waals surface area contributed by atoms with Crippen molar-refractivity contribution in [2.75, 3.05) is 26.4 Å². The molecule has 0 aromatic rings. The Kier molecular flexibility index (Phi) is 31.8. The van der Waals surface area contributed by atoms with Gasteiger partial charge >= 0.3 is 11.9 Å². The Morgan fingerprint density at radius 2 is 0.836 bits per heavy atom. The highest BCUT2D eigenvalue weighted by Crippen LogP contribution is 2.26. The van der Waals surface area contributed by atoms with Gasteiger partial charge in [0.2, 0.25) is 0 Å². The number of ether oxygens (including phenoxy) is 6. The van der Waals surface area contributed by atoms with E-state index in [1.165, 1.54) is 109 Å². The minimum Gasteiger partial charge on any atom is -0.462 e. The maximum Gasteiger partial charge on any atom is 0.306 e. The zero-order valence-electron chi connectivity index (χ0n) is 37.7.